The van der Waals surface area contributed by atoms with Gasteiger partial charge in [-0.25, -0.2) is 0 Å². The number of benzene rings is 1. The van der Waals surface area contributed by atoms with E-state index in [0.717, 1.165) is 4.90 Å². The van der Waals surface area contributed by atoms with Crippen LogP contribution in [0.15, 0.2) is 24.3 Å². The average molecular weight is 373 g/mol. The summed E-state index contributed by atoms with van der Waals surface area (Å²) in [4.78, 5) is 56.8. The number of carbonyl (C=O) groups excluding carboxylic acids is 4. The maximum atomic E-state index is 12.8. The van der Waals surface area contributed by atoms with Crippen molar-refractivity contribution in [3.8, 4) is 0 Å². The Labute approximate surface area is 155 Å². The molecular formula is C18H19N3O6. The van der Waals surface area contributed by atoms with Gasteiger partial charge in [0, 0.05) is 12.7 Å². The van der Waals surface area contributed by atoms with Crippen molar-refractivity contribution < 1.29 is 28.8 Å². The molecule has 1 N–H and O–H groups in total. The molecule has 4 rings (SSSR count). The Morgan fingerprint density at radius 2 is 1.96 bits per heavy atom. The number of ether oxygens (including phenoxy) is 1. The predicted octanol–water partition coefficient (Wildman–Crippen LogP) is 0.232. The largest absolute Gasteiger partial charge is 0.466 e. The van der Waals surface area contributed by atoms with Crippen LogP contribution in [0.5, 0.6) is 0 Å². The Morgan fingerprint density at radius 1 is 1.22 bits per heavy atom. The number of hydrogen-bond donors (Lipinski definition) is 1. The van der Waals surface area contributed by atoms with Crippen LogP contribution in [-0.2, 0) is 28.8 Å². The van der Waals surface area contributed by atoms with Gasteiger partial charge in [-0.1, -0.05) is 18.2 Å². The number of nitrogens with zero attached hydrogens (tertiary/aromatic N) is 2. The lowest BCUT2D eigenvalue weighted by Gasteiger charge is -2.29. The molecule has 0 radical (unpaired) electrons. The standard InChI is InChI=1S/C18H19N3O6/c1-3-26-12(22)8-11-16(23)19-10-7-5-4-6-9(10)14-13-15(27-21(11)14)18(25)20(2)17(13)24/h4-7,11,13-15H,3,8H2,1-2H3,(H,19,23). The van der Waals surface area contributed by atoms with E-state index in [9.17, 15) is 19.2 Å². The third-order valence-electron chi connectivity index (χ3n) is 5.18. The highest BCUT2D eigenvalue weighted by Gasteiger charge is 2.61. The molecule has 0 aliphatic carbocycles. The number of fused-ring (bicyclic) bond motifs is 5. The Hall–Kier alpha value is -2.78. The summed E-state index contributed by atoms with van der Waals surface area (Å²) < 4.78 is 4.97. The first kappa shape index (κ1) is 17.6. The van der Waals surface area contributed by atoms with Crippen LogP contribution in [0.3, 0.4) is 0 Å². The van der Waals surface area contributed by atoms with E-state index < -0.39 is 41.9 Å². The normalized spacial score (nSPS) is 29.7. The Balaban J connectivity index is 1.78. The molecule has 2 saturated heterocycles. The fraction of sp³-hybridized carbons (Fsp3) is 0.444. The van der Waals surface area contributed by atoms with Gasteiger partial charge in [0.05, 0.1) is 25.0 Å². The van der Waals surface area contributed by atoms with Crippen molar-refractivity contribution in [3.05, 3.63) is 29.8 Å². The van der Waals surface area contributed by atoms with Crippen molar-refractivity contribution in [2.75, 3.05) is 19.0 Å². The quantitative estimate of drug-likeness (QED) is 0.597. The zero-order valence-corrected chi connectivity index (χ0v) is 14.9. The van der Waals surface area contributed by atoms with Crippen LogP contribution in [0.25, 0.3) is 0 Å². The van der Waals surface area contributed by atoms with Crippen molar-refractivity contribution in [2.24, 2.45) is 5.92 Å². The number of likely N-dealkylation sites (N-methyl/N-ethyl adjacent to an activating group) is 1. The number of hydroxylamine groups is 2. The van der Waals surface area contributed by atoms with Gasteiger partial charge in [-0.3, -0.25) is 28.9 Å². The molecule has 4 atom stereocenters. The lowest BCUT2D eigenvalue weighted by molar-refractivity contribution is -0.200. The van der Waals surface area contributed by atoms with Crippen LogP contribution in [0.2, 0.25) is 0 Å². The van der Waals surface area contributed by atoms with E-state index in [-0.39, 0.29) is 18.9 Å². The minimum absolute atomic E-state index is 0.185. The molecule has 1 aromatic rings. The van der Waals surface area contributed by atoms with Crippen LogP contribution in [0, 0.1) is 5.92 Å². The molecule has 0 spiro atoms. The Morgan fingerprint density at radius 3 is 2.70 bits per heavy atom. The van der Waals surface area contributed by atoms with Gasteiger partial charge in [0.2, 0.25) is 11.8 Å². The average Bonchev–Trinajstić information content (AvgIpc) is 3.09. The van der Waals surface area contributed by atoms with Crippen molar-refractivity contribution in [2.45, 2.75) is 31.5 Å². The number of anilines is 1. The third kappa shape index (κ3) is 2.62. The molecule has 9 nitrogen and oxygen atoms in total. The summed E-state index contributed by atoms with van der Waals surface area (Å²) in [6, 6.07) is 5.37. The smallest absolute Gasteiger partial charge is 0.308 e. The Bertz CT molecular complexity index is 840. The van der Waals surface area contributed by atoms with E-state index in [2.05, 4.69) is 5.32 Å². The summed E-state index contributed by atoms with van der Waals surface area (Å²) in [5, 5.41) is 4.12. The maximum absolute atomic E-state index is 12.8. The van der Waals surface area contributed by atoms with Crippen molar-refractivity contribution >= 4 is 29.4 Å². The number of rotatable bonds is 3. The van der Waals surface area contributed by atoms with Gasteiger partial charge in [0.1, 0.15) is 6.04 Å². The third-order valence-corrected chi connectivity index (χ3v) is 5.18. The summed E-state index contributed by atoms with van der Waals surface area (Å²) in [5.74, 6) is -2.60. The van der Waals surface area contributed by atoms with Crippen LogP contribution >= 0.6 is 0 Å². The van der Waals surface area contributed by atoms with Crippen molar-refractivity contribution in [1.82, 2.24) is 9.96 Å². The van der Waals surface area contributed by atoms with E-state index in [1.54, 1.807) is 31.2 Å². The monoisotopic (exact) mass is 373 g/mol. The maximum Gasteiger partial charge on any atom is 0.308 e. The first-order chi connectivity index (χ1) is 12.9. The highest BCUT2D eigenvalue weighted by Crippen LogP contribution is 2.48. The summed E-state index contributed by atoms with van der Waals surface area (Å²) in [5.41, 5.74) is 1.20. The topological polar surface area (TPSA) is 105 Å². The molecule has 3 amide bonds. The summed E-state index contributed by atoms with van der Waals surface area (Å²) >= 11 is 0. The van der Waals surface area contributed by atoms with E-state index in [4.69, 9.17) is 9.57 Å². The zero-order valence-electron chi connectivity index (χ0n) is 14.9. The highest BCUT2D eigenvalue weighted by atomic mass is 16.7. The van der Waals surface area contributed by atoms with Crippen LogP contribution < -0.4 is 5.32 Å². The van der Waals surface area contributed by atoms with Crippen LogP contribution in [0.1, 0.15) is 24.9 Å². The number of para-hydroxylation sites is 1. The number of nitrogens with one attached hydrogen (secondary N) is 1. The van der Waals surface area contributed by atoms with Gasteiger partial charge >= 0.3 is 5.97 Å². The molecule has 3 aliphatic rings. The number of imide groups is 1. The molecule has 0 aromatic heterocycles. The van der Waals surface area contributed by atoms with E-state index in [0.29, 0.717) is 11.3 Å². The van der Waals surface area contributed by atoms with Gasteiger partial charge in [-0.2, -0.15) is 5.06 Å². The van der Waals surface area contributed by atoms with Gasteiger partial charge in [0.25, 0.3) is 5.91 Å². The van der Waals surface area contributed by atoms with Crippen molar-refractivity contribution in [3.63, 3.8) is 0 Å². The molecular weight excluding hydrogens is 354 g/mol. The first-order valence-corrected chi connectivity index (χ1v) is 8.76. The molecule has 4 unspecified atom stereocenters. The molecule has 0 bridgehead atoms. The molecule has 142 valence electrons. The second-order valence-electron chi connectivity index (χ2n) is 6.69. The van der Waals surface area contributed by atoms with Crippen LogP contribution in [0.4, 0.5) is 5.69 Å². The minimum atomic E-state index is -1.02. The van der Waals surface area contributed by atoms with E-state index in [1.807, 2.05) is 0 Å². The second kappa shape index (κ2) is 6.43. The minimum Gasteiger partial charge on any atom is -0.466 e. The molecule has 2 fully saturated rings. The highest BCUT2D eigenvalue weighted by molar-refractivity contribution is 6.07. The number of hydrogen-bond acceptors (Lipinski definition) is 7. The lowest BCUT2D eigenvalue weighted by Crippen LogP contribution is -2.45. The van der Waals surface area contributed by atoms with Gasteiger partial charge in [-0.15, -0.1) is 0 Å². The van der Waals surface area contributed by atoms with E-state index >= 15 is 0 Å². The first-order valence-electron chi connectivity index (χ1n) is 8.76. The van der Waals surface area contributed by atoms with Gasteiger partial charge in [-0.05, 0) is 18.6 Å². The fourth-order valence-electron chi connectivity index (χ4n) is 3.93. The summed E-state index contributed by atoms with van der Waals surface area (Å²) in [6.45, 7) is 1.86. The number of carbonyl (C=O) groups is 4. The zero-order chi connectivity index (χ0) is 19.3. The number of likely N-dealkylation sites (tertiary alicyclic amines) is 1. The van der Waals surface area contributed by atoms with Gasteiger partial charge < -0.3 is 10.1 Å². The lowest BCUT2D eigenvalue weighted by atomic mass is 9.89. The van der Waals surface area contributed by atoms with E-state index in [1.165, 1.54) is 12.1 Å². The molecule has 1 aromatic carbocycles. The molecule has 3 aliphatic heterocycles. The van der Waals surface area contributed by atoms with Gasteiger partial charge in [0.15, 0.2) is 6.10 Å². The molecule has 9 heteroatoms. The predicted molar refractivity (Wildman–Crippen MR) is 90.8 cm³/mol. The number of amides is 3. The second-order valence-corrected chi connectivity index (χ2v) is 6.69. The van der Waals surface area contributed by atoms with Crippen LogP contribution in [-0.4, -0.2) is 59.5 Å². The summed E-state index contributed by atoms with van der Waals surface area (Å²) in [6.07, 6.45) is -1.25. The SMILES string of the molecule is CCOC(=O)CC1C(=O)Nc2ccccc2C2C3C(=O)N(C)C(=O)C3ON12. The molecule has 27 heavy (non-hydrogen) atoms. The van der Waals surface area contributed by atoms with Crippen molar-refractivity contribution in [1.29, 1.82) is 0 Å². The number of esters is 1. The molecule has 3 heterocycles. The fourth-order valence-corrected chi connectivity index (χ4v) is 3.93. The Kier molecular flexibility index (Phi) is 4.20. The summed E-state index contributed by atoms with van der Waals surface area (Å²) in [7, 11) is 1.42. The molecule has 0 saturated carbocycles.